The van der Waals surface area contributed by atoms with Crippen molar-refractivity contribution < 1.29 is 53.2 Å². The Kier molecular flexibility index (Phi) is 18.9. The molecule has 1 saturated carbocycles. The molecule has 1 aromatic carbocycles. The van der Waals surface area contributed by atoms with Crippen molar-refractivity contribution in [1.29, 1.82) is 0 Å². The minimum atomic E-state index is -1.28. The van der Waals surface area contributed by atoms with Crippen LogP contribution in [0.25, 0.3) is 43.4 Å². The fourth-order valence-corrected chi connectivity index (χ4v) is 14.9. The number of carbonyl (C=O) groups excluding carboxylic acids is 6. The van der Waals surface area contributed by atoms with E-state index in [1.54, 1.807) is 70.9 Å². The number of hydrogen-bond donors (Lipinski definition) is 8. The van der Waals surface area contributed by atoms with Crippen LogP contribution in [0, 0.1) is 18.8 Å². The molecule has 10 bridgehead atoms. The van der Waals surface area contributed by atoms with Gasteiger partial charge in [-0.2, -0.15) is 0 Å². The Balaban J connectivity index is 1.02. The molecule has 10 rings (SSSR count). The van der Waals surface area contributed by atoms with E-state index >= 15 is 0 Å². The van der Waals surface area contributed by atoms with Crippen molar-refractivity contribution in [3.8, 4) is 43.4 Å². The lowest BCUT2D eigenvalue weighted by Crippen LogP contribution is -2.40. The van der Waals surface area contributed by atoms with Gasteiger partial charge in [-0.3, -0.25) is 34.1 Å². The molecule has 8 N–H and O–H groups in total. The summed E-state index contributed by atoms with van der Waals surface area (Å²) >= 11 is 7.11. The summed E-state index contributed by atoms with van der Waals surface area (Å²) in [6, 6.07) is 9.42. The SMILES string of the molecule is CNC(=O)C[C@@H]1NC(=O)c2csc(n2)-c2ccc(-c3nc(NC(=O)OC4CCC(C(=O)O)CC4)cs3)nc2-c2csc(n2)-c2csc(n2)[C@H]([C@@H](O)c2ccccc2)NC(=O)CNC(=O)c2nc(sc2COC)[C@H](C(C)C)NC(=O)c2nc1sc2C. The molecule has 7 aromatic heterocycles. The van der Waals surface area contributed by atoms with Crippen molar-refractivity contribution in [1.82, 2.24) is 61.5 Å². The highest BCUT2D eigenvalue weighted by Gasteiger charge is 2.34. The maximum Gasteiger partial charge on any atom is 0.413 e. The number of thiazole rings is 6. The molecule has 30 heteroatoms. The second-order valence-corrected chi connectivity index (χ2v) is 25.8. The van der Waals surface area contributed by atoms with Crippen molar-refractivity contribution in [2.24, 2.45) is 11.8 Å². The Hall–Kier alpha value is -7.84. The van der Waals surface area contributed by atoms with Gasteiger partial charge in [0.05, 0.1) is 48.1 Å². The smallest absolute Gasteiger partial charge is 0.413 e. The van der Waals surface area contributed by atoms with Crippen LogP contribution in [0.4, 0.5) is 10.6 Å². The van der Waals surface area contributed by atoms with Crippen molar-refractivity contribution in [3.63, 3.8) is 0 Å². The predicted molar refractivity (Wildman–Crippen MR) is 320 cm³/mol. The van der Waals surface area contributed by atoms with E-state index in [2.05, 4.69) is 46.9 Å². The number of aliphatic carboxylic acids is 1. The molecule has 24 nitrogen and oxygen atoms in total. The standard InChI is InChI=1S/C55H55N13O11S6/c1-24(2)39-53-68-42(35(85-53)19-78-5)46(73)57-18-38(70)65-43(44(71)26-9-7-6-8-10-26)52-62-34(22-82-52)50-60-32(20-81-50)41-29(15-16-30(58-41)49-63-36(23-83-49)64-55(77)79-28-13-11-27(12-14-28)54(75)76)48-61-33(21-80-48)45(72)59-31(17-37(69)56-4)51-67-40(25(3)84-51)47(74)66-39/h6-10,15-16,20-24,27-28,31,39,43-44,71H,11-14,17-19H2,1-5H3,(H,56,69)(H,57,73)(H,59,72)(H,64,77)(H,65,70)(H,66,74)(H,75,76)/t27?,28?,31-,39-,43-,44-/m0/s1. The minimum Gasteiger partial charge on any atom is -0.481 e. The van der Waals surface area contributed by atoms with Crippen molar-refractivity contribution in [2.75, 3.05) is 26.0 Å². The summed E-state index contributed by atoms with van der Waals surface area (Å²) in [6.45, 7) is 4.94. The lowest BCUT2D eigenvalue weighted by molar-refractivity contribution is -0.143. The first-order valence-electron chi connectivity index (χ1n) is 26.6. The largest absolute Gasteiger partial charge is 0.481 e. The molecule has 442 valence electrons. The van der Waals surface area contributed by atoms with E-state index < -0.39 is 84.4 Å². The van der Waals surface area contributed by atoms with Crippen LogP contribution in [0.1, 0.15) is 132 Å². The number of rotatable bonds is 11. The molecule has 0 saturated heterocycles. The van der Waals surface area contributed by atoms with Gasteiger partial charge in [-0.05, 0) is 56.2 Å². The van der Waals surface area contributed by atoms with Crippen molar-refractivity contribution in [2.45, 2.75) is 89.8 Å². The number of nitrogens with zero attached hydrogens (tertiary/aromatic N) is 7. The summed E-state index contributed by atoms with van der Waals surface area (Å²) < 4.78 is 11.1. The molecule has 0 radical (unpaired) electrons. The van der Waals surface area contributed by atoms with Gasteiger partial charge in [0.15, 0.2) is 0 Å². The number of nitrogens with one attached hydrogen (secondary N) is 6. The van der Waals surface area contributed by atoms with E-state index in [4.69, 9.17) is 29.4 Å². The lowest BCUT2D eigenvalue weighted by atomic mass is 9.87. The van der Waals surface area contributed by atoms with Gasteiger partial charge in [-0.25, -0.2) is 39.7 Å². The first-order chi connectivity index (χ1) is 40.9. The Morgan fingerprint density at radius 2 is 1.40 bits per heavy atom. The van der Waals surface area contributed by atoms with E-state index in [1.165, 1.54) is 59.5 Å². The van der Waals surface area contributed by atoms with Crippen LogP contribution in [0.15, 0.2) is 64.0 Å². The number of anilines is 1. The second kappa shape index (κ2) is 26.6. The van der Waals surface area contributed by atoms with Crippen molar-refractivity contribution >= 4 is 115 Å². The Labute approximate surface area is 509 Å². The fraction of sp³-hybridized carbons (Fsp3) is 0.345. The zero-order chi connectivity index (χ0) is 60.1. The van der Waals surface area contributed by atoms with Crippen LogP contribution in [-0.4, -0.2) is 114 Å². The van der Waals surface area contributed by atoms with Gasteiger partial charge >= 0.3 is 12.1 Å². The van der Waals surface area contributed by atoms with Gasteiger partial charge in [0, 0.05) is 46.1 Å². The zero-order valence-electron chi connectivity index (χ0n) is 46.0. The van der Waals surface area contributed by atoms with Crippen LogP contribution in [0.5, 0.6) is 0 Å². The van der Waals surface area contributed by atoms with E-state index in [0.29, 0.717) is 94.4 Å². The topological polar surface area (TPSA) is 341 Å². The number of benzene rings is 1. The first-order valence-corrected chi connectivity index (χ1v) is 31.7. The number of fused-ring (bicyclic) bond motifs is 14. The number of aliphatic hydroxyl groups excluding tert-OH is 1. The summed E-state index contributed by atoms with van der Waals surface area (Å²) in [4.78, 5) is 129. The van der Waals surface area contributed by atoms with Gasteiger partial charge in [0.2, 0.25) is 11.8 Å². The quantitative estimate of drug-likeness (QED) is 0.0601. The number of carbonyl (C=O) groups is 7. The second-order valence-electron chi connectivity index (χ2n) is 20.0. The van der Waals surface area contributed by atoms with Crippen LogP contribution >= 0.6 is 68.0 Å². The number of aromatic nitrogens is 7. The molecule has 8 aromatic rings. The number of ether oxygens (including phenoxy) is 2. The minimum absolute atomic E-state index is 0.00207. The number of hydrogen-bond acceptors (Lipinski definition) is 23. The predicted octanol–water partition coefficient (Wildman–Crippen LogP) is 8.50. The lowest BCUT2D eigenvalue weighted by Gasteiger charge is -2.25. The molecule has 0 unspecified atom stereocenters. The van der Waals surface area contributed by atoms with Crippen LogP contribution in [0.2, 0.25) is 0 Å². The van der Waals surface area contributed by atoms with E-state index in [9.17, 15) is 43.8 Å². The zero-order valence-corrected chi connectivity index (χ0v) is 50.9. The van der Waals surface area contributed by atoms with Gasteiger partial charge in [0.25, 0.3) is 17.7 Å². The maximum absolute atomic E-state index is 14.3. The summed E-state index contributed by atoms with van der Waals surface area (Å²) in [5.41, 5.74) is 2.60. The van der Waals surface area contributed by atoms with Gasteiger partial charge < -0.3 is 46.3 Å². The Morgan fingerprint density at radius 1 is 0.694 bits per heavy atom. The van der Waals surface area contributed by atoms with Crippen LogP contribution < -0.4 is 31.9 Å². The maximum atomic E-state index is 14.3. The molecule has 2 aliphatic rings. The van der Waals surface area contributed by atoms with E-state index in [-0.39, 0.29) is 46.9 Å². The molecule has 4 atom stereocenters. The summed E-state index contributed by atoms with van der Waals surface area (Å²) in [7, 11) is 2.93. The van der Waals surface area contributed by atoms with Gasteiger partial charge in [-0.15, -0.1) is 68.0 Å². The normalized spacial score (nSPS) is 19.0. The van der Waals surface area contributed by atoms with E-state index in [0.717, 1.165) is 22.7 Å². The van der Waals surface area contributed by atoms with Gasteiger partial charge in [-0.1, -0.05) is 44.2 Å². The Morgan fingerprint density at radius 3 is 2.14 bits per heavy atom. The fourth-order valence-electron chi connectivity index (χ4n) is 9.35. The molecule has 6 amide bonds. The molecule has 85 heavy (non-hydrogen) atoms. The number of aryl methyl sites for hydroxylation is 1. The Bertz CT molecular complexity index is 3790. The number of carboxylic acid groups (broad SMARTS) is 1. The third-order valence-corrected chi connectivity index (χ3v) is 19.5. The van der Waals surface area contributed by atoms with Crippen LogP contribution in [-0.2, 0) is 30.5 Å². The summed E-state index contributed by atoms with van der Waals surface area (Å²) in [5.74, 6) is -4.29. The third kappa shape index (κ3) is 14.0. The molecule has 1 fully saturated rings. The molecule has 8 heterocycles. The highest BCUT2D eigenvalue weighted by atomic mass is 32.1. The number of methoxy groups -OCH3 is 1. The molecule has 1 aliphatic heterocycles. The van der Waals surface area contributed by atoms with Crippen molar-refractivity contribution in [3.05, 3.63) is 111 Å². The number of aliphatic hydroxyl groups is 1. The summed E-state index contributed by atoms with van der Waals surface area (Å²) in [5, 5.41) is 47.1. The average Bonchev–Trinajstić information content (AvgIpc) is 4.56. The number of pyridine rings is 1. The van der Waals surface area contributed by atoms with Gasteiger partial charge in [0.1, 0.15) is 88.3 Å². The molecule has 1 aliphatic carbocycles. The first kappa shape index (κ1) is 60.3. The number of carboxylic acids is 1. The summed E-state index contributed by atoms with van der Waals surface area (Å²) in [6.07, 6.45) is -1.01. The van der Waals surface area contributed by atoms with Crippen LogP contribution in [0.3, 0.4) is 0 Å². The molecule has 0 spiro atoms. The third-order valence-electron chi connectivity index (χ3n) is 13.8. The average molecular weight is 1270 g/mol. The molecular formula is C55H55N13O11S6. The highest BCUT2D eigenvalue weighted by Crippen LogP contribution is 2.40. The monoisotopic (exact) mass is 1270 g/mol. The molecular weight excluding hydrogens is 1210 g/mol. The number of amides is 6. The highest BCUT2D eigenvalue weighted by molar-refractivity contribution is 7.15. The van der Waals surface area contributed by atoms with E-state index in [1.807, 2.05) is 13.8 Å².